The summed E-state index contributed by atoms with van der Waals surface area (Å²) in [5, 5.41) is 9.08. The third-order valence-corrected chi connectivity index (χ3v) is 3.66. The smallest absolute Gasteiger partial charge is 0.119 e. The van der Waals surface area contributed by atoms with Crippen LogP contribution >= 0.6 is 0 Å². The van der Waals surface area contributed by atoms with Gasteiger partial charge in [-0.2, -0.15) is 0 Å². The van der Waals surface area contributed by atoms with Gasteiger partial charge < -0.3 is 9.84 Å². The first-order valence-corrected chi connectivity index (χ1v) is 6.80. The number of aliphatic hydroxyl groups excluding tert-OH is 1. The van der Waals surface area contributed by atoms with E-state index in [0.29, 0.717) is 12.5 Å². The molecule has 0 unspecified atom stereocenters. The van der Waals surface area contributed by atoms with E-state index in [0.717, 1.165) is 44.8 Å². The van der Waals surface area contributed by atoms with Gasteiger partial charge in [0.25, 0.3) is 0 Å². The molecule has 2 rings (SSSR count). The van der Waals surface area contributed by atoms with Crippen molar-refractivity contribution in [1.82, 2.24) is 4.90 Å². The molecule has 1 saturated heterocycles. The molecule has 1 aromatic rings. The van der Waals surface area contributed by atoms with Gasteiger partial charge in [-0.1, -0.05) is 17.7 Å². The lowest BCUT2D eigenvalue weighted by molar-refractivity contribution is 0.119. The second kappa shape index (κ2) is 6.76. The van der Waals surface area contributed by atoms with Gasteiger partial charge in [-0.05, 0) is 50.9 Å². The maximum absolute atomic E-state index is 9.08. The molecule has 0 atom stereocenters. The summed E-state index contributed by atoms with van der Waals surface area (Å²) in [5.41, 5.74) is 1.26. The highest BCUT2D eigenvalue weighted by atomic mass is 16.5. The number of benzene rings is 1. The van der Waals surface area contributed by atoms with E-state index in [1.807, 2.05) is 12.1 Å². The molecular weight excluding hydrogens is 226 g/mol. The van der Waals surface area contributed by atoms with Crippen LogP contribution in [-0.2, 0) is 0 Å². The Morgan fingerprint density at radius 2 is 1.89 bits per heavy atom. The van der Waals surface area contributed by atoms with E-state index in [1.54, 1.807) is 0 Å². The number of hydrogen-bond donors (Lipinski definition) is 1. The lowest BCUT2D eigenvalue weighted by Crippen LogP contribution is -2.37. The standard InChI is InChI=1S/C15H23NO2/c1-13-2-4-15(5-3-13)18-11-10-16-8-6-14(12-17)7-9-16/h2-5,14,17H,6-12H2,1H3. The van der Waals surface area contributed by atoms with Gasteiger partial charge in [-0.25, -0.2) is 0 Å². The molecule has 0 amide bonds. The molecular formula is C15H23NO2. The minimum absolute atomic E-state index is 0.341. The van der Waals surface area contributed by atoms with Crippen LogP contribution in [0, 0.1) is 12.8 Å². The van der Waals surface area contributed by atoms with Crippen molar-refractivity contribution in [2.45, 2.75) is 19.8 Å². The summed E-state index contributed by atoms with van der Waals surface area (Å²) in [6.45, 7) is 6.31. The molecule has 0 saturated carbocycles. The van der Waals surface area contributed by atoms with Crippen LogP contribution in [0.15, 0.2) is 24.3 Å². The number of likely N-dealkylation sites (tertiary alicyclic amines) is 1. The van der Waals surface area contributed by atoms with Gasteiger partial charge in [0.15, 0.2) is 0 Å². The van der Waals surface area contributed by atoms with Crippen LogP contribution in [0.25, 0.3) is 0 Å². The Morgan fingerprint density at radius 1 is 1.22 bits per heavy atom. The summed E-state index contributed by atoms with van der Waals surface area (Å²) in [5.74, 6) is 1.46. The van der Waals surface area contributed by atoms with Crippen LogP contribution in [0.5, 0.6) is 5.75 Å². The lowest BCUT2D eigenvalue weighted by atomic mass is 9.98. The number of piperidine rings is 1. The Morgan fingerprint density at radius 3 is 2.50 bits per heavy atom. The molecule has 100 valence electrons. The third-order valence-electron chi connectivity index (χ3n) is 3.66. The zero-order valence-corrected chi connectivity index (χ0v) is 11.1. The Labute approximate surface area is 109 Å². The van der Waals surface area contributed by atoms with Gasteiger partial charge in [0.2, 0.25) is 0 Å². The van der Waals surface area contributed by atoms with Gasteiger partial charge in [0.1, 0.15) is 12.4 Å². The SMILES string of the molecule is Cc1ccc(OCCN2CCC(CO)CC2)cc1. The van der Waals surface area contributed by atoms with Crippen molar-refractivity contribution < 1.29 is 9.84 Å². The van der Waals surface area contributed by atoms with Crippen LogP contribution in [0.2, 0.25) is 0 Å². The quantitative estimate of drug-likeness (QED) is 0.867. The average molecular weight is 249 g/mol. The van der Waals surface area contributed by atoms with Gasteiger partial charge in [-0.3, -0.25) is 4.90 Å². The maximum atomic E-state index is 9.08. The number of aryl methyl sites for hydroxylation is 1. The largest absolute Gasteiger partial charge is 0.492 e. The normalized spacial score (nSPS) is 17.9. The monoisotopic (exact) mass is 249 g/mol. The van der Waals surface area contributed by atoms with Crippen LogP contribution in [-0.4, -0.2) is 42.9 Å². The molecule has 1 aliphatic heterocycles. The second-order valence-electron chi connectivity index (χ2n) is 5.13. The lowest BCUT2D eigenvalue weighted by Gasteiger charge is -2.30. The molecule has 1 fully saturated rings. The van der Waals surface area contributed by atoms with E-state index in [1.165, 1.54) is 5.56 Å². The highest BCUT2D eigenvalue weighted by Gasteiger charge is 2.17. The second-order valence-corrected chi connectivity index (χ2v) is 5.13. The van der Waals surface area contributed by atoms with Crippen molar-refractivity contribution in [3.05, 3.63) is 29.8 Å². The summed E-state index contributed by atoms with van der Waals surface area (Å²) in [6.07, 6.45) is 2.22. The maximum Gasteiger partial charge on any atom is 0.119 e. The molecule has 3 nitrogen and oxygen atoms in total. The van der Waals surface area contributed by atoms with Gasteiger partial charge in [0, 0.05) is 13.2 Å². The highest BCUT2D eigenvalue weighted by Crippen LogP contribution is 2.16. The first kappa shape index (κ1) is 13.4. The van der Waals surface area contributed by atoms with Crippen molar-refractivity contribution in [2.75, 3.05) is 32.8 Å². The summed E-state index contributed by atoms with van der Waals surface area (Å²) in [7, 11) is 0. The molecule has 0 aliphatic carbocycles. The minimum Gasteiger partial charge on any atom is -0.492 e. The van der Waals surface area contributed by atoms with Gasteiger partial charge in [0.05, 0.1) is 0 Å². The molecule has 18 heavy (non-hydrogen) atoms. The van der Waals surface area contributed by atoms with E-state index < -0.39 is 0 Å². The van der Waals surface area contributed by atoms with Crippen LogP contribution in [0.4, 0.5) is 0 Å². The average Bonchev–Trinajstić information content (AvgIpc) is 2.42. The Hall–Kier alpha value is -1.06. The third kappa shape index (κ3) is 4.00. The van der Waals surface area contributed by atoms with Crippen LogP contribution in [0.3, 0.4) is 0 Å². The zero-order valence-electron chi connectivity index (χ0n) is 11.1. The van der Waals surface area contributed by atoms with E-state index in [2.05, 4.69) is 24.0 Å². The molecule has 0 spiro atoms. The van der Waals surface area contributed by atoms with Crippen molar-refractivity contribution in [3.8, 4) is 5.75 Å². The molecule has 0 bridgehead atoms. The van der Waals surface area contributed by atoms with Crippen LogP contribution < -0.4 is 4.74 Å². The minimum atomic E-state index is 0.341. The number of nitrogens with zero attached hydrogens (tertiary/aromatic N) is 1. The van der Waals surface area contributed by atoms with E-state index in [4.69, 9.17) is 9.84 Å². The van der Waals surface area contributed by atoms with Crippen molar-refractivity contribution in [3.63, 3.8) is 0 Å². The first-order chi connectivity index (χ1) is 8.78. The van der Waals surface area contributed by atoms with E-state index in [-0.39, 0.29) is 0 Å². The topological polar surface area (TPSA) is 32.7 Å². The molecule has 0 aromatic heterocycles. The Bertz CT molecular complexity index is 342. The van der Waals surface area contributed by atoms with Crippen molar-refractivity contribution in [1.29, 1.82) is 0 Å². The molecule has 1 N–H and O–H groups in total. The fourth-order valence-electron chi connectivity index (χ4n) is 2.32. The predicted octanol–water partition coefficient (Wildman–Crippen LogP) is 2.08. The summed E-state index contributed by atoms with van der Waals surface area (Å²) < 4.78 is 5.73. The predicted molar refractivity (Wildman–Crippen MR) is 72.9 cm³/mol. The fraction of sp³-hybridized carbons (Fsp3) is 0.600. The summed E-state index contributed by atoms with van der Waals surface area (Å²) in [4.78, 5) is 2.42. The Kier molecular flexibility index (Phi) is 5.02. The van der Waals surface area contributed by atoms with E-state index >= 15 is 0 Å². The molecule has 1 aliphatic rings. The van der Waals surface area contributed by atoms with Gasteiger partial charge >= 0.3 is 0 Å². The molecule has 1 aromatic carbocycles. The van der Waals surface area contributed by atoms with Crippen molar-refractivity contribution >= 4 is 0 Å². The molecule has 3 heteroatoms. The zero-order chi connectivity index (χ0) is 12.8. The fourth-order valence-corrected chi connectivity index (χ4v) is 2.32. The molecule has 0 radical (unpaired) electrons. The summed E-state index contributed by atoms with van der Waals surface area (Å²) >= 11 is 0. The first-order valence-electron chi connectivity index (χ1n) is 6.80. The number of ether oxygens (including phenoxy) is 1. The highest BCUT2D eigenvalue weighted by molar-refractivity contribution is 5.26. The van der Waals surface area contributed by atoms with Crippen LogP contribution in [0.1, 0.15) is 18.4 Å². The Balaban J connectivity index is 1.65. The number of rotatable bonds is 5. The molecule has 1 heterocycles. The number of hydrogen-bond acceptors (Lipinski definition) is 3. The number of aliphatic hydroxyl groups is 1. The van der Waals surface area contributed by atoms with Gasteiger partial charge in [-0.15, -0.1) is 0 Å². The summed E-state index contributed by atoms with van der Waals surface area (Å²) in [6, 6.07) is 8.19. The van der Waals surface area contributed by atoms with Crippen molar-refractivity contribution in [2.24, 2.45) is 5.92 Å². The van der Waals surface area contributed by atoms with E-state index in [9.17, 15) is 0 Å².